The van der Waals surface area contributed by atoms with Crippen molar-refractivity contribution in [2.24, 2.45) is 0 Å². The van der Waals surface area contributed by atoms with Crippen LogP contribution < -0.4 is 5.32 Å². The number of amides is 1. The van der Waals surface area contributed by atoms with Gasteiger partial charge in [-0.3, -0.25) is 9.78 Å². The molecule has 1 atom stereocenters. The van der Waals surface area contributed by atoms with E-state index in [9.17, 15) is 9.59 Å². The molecule has 0 fully saturated rings. The van der Waals surface area contributed by atoms with Crippen molar-refractivity contribution in [2.45, 2.75) is 19.4 Å². The summed E-state index contributed by atoms with van der Waals surface area (Å²) in [6.07, 6.45) is 3.44. The van der Waals surface area contributed by atoms with Crippen molar-refractivity contribution in [3.8, 4) is 0 Å². The fourth-order valence-corrected chi connectivity index (χ4v) is 2.16. The molecule has 0 aliphatic carbocycles. The first-order valence-corrected chi connectivity index (χ1v) is 6.94. The number of nitrogens with one attached hydrogen (secondary N) is 1. The molecule has 22 heavy (non-hydrogen) atoms. The average molecular weight is 298 g/mol. The molecular formula is C17H18N2O3. The Kier molecular flexibility index (Phi) is 5.25. The summed E-state index contributed by atoms with van der Waals surface area (Å²) in [6, 6.07) is 10.3. The van der Waals surface area contributed by atoms with Crippen LogP contribution in [-0.4, -0.2) is 30.0 Å². The summed E-state index contributed by atoms with van der Waals surface area (Å²) in [6.45, 7) is 1.98. The van der Waals surface area contributed by atoms with E-state index in [-0.39, 0.29) is 5.91 Å². The van der Waals surface area contributed by atoms with Crippen molar-refractivity contribution in [3.05, 3.63) is 65.5 Å². The van der Waals surface area contributed by atoms with Crippen molar-refractivity contribution in [1.29, 1.82) is 0 Å². The number of aromatic nitrogens is 1. The minimum Gasteiger partial charge on any atom is -0.467 e. The summed E-state index contributed by atoms with van der Waals surface area (Å²) in [7, 11) is 1.31. The molecule has 5 heteroatoms. The Morgan fingerprint density at radius 1 is 1.23 bits per heavy atom. The van der Waals surface area contributed by atoms with Crippen LogP contribution in [0.15, 0.2) is 48.8 Å². The van der Waals surface area contributed by atoms with Gasteiger partial charge in [0, 0.05) is 24.4 Å². The predicted molar refractivity (Wildman–Crippen MR) is 82.4 cm³/mol. The summed E-state index contributed by atoms with van der Waals surface area (Å²) in [5.41, 5.74) is 2.51. The Balaban J connectivity index is 2.13. The number of hydrogen-bond donors (Lipinski definition) is 1. The quantitative estimate of drug-likeness (QED) is 0.856. The second kappa shape index (κ2) is 7.36. The number of hydrogen-bond acceptors (Lipinski definition) is 4. The van der Waals surface area contributed by atoms with Crippen LogP contribution >= 0.6 is 0 Å². The summed E-state index contributed by atoms with van der Waals surface area (Å²) in [5, 5.41) is 2.71. The lowest BCUT2D eigenvalue weighted by Crippen LogP contribution is -2.43. The first kappa shape index (κ1) is 15.7. The molecule has 0 aliphatic rings. The number of aryl methyl sites for hydroxylation is 1. The third-order valence-corrected chi connectivity index (χ3v) is 3.26. The first-order chi connectivity index (χ1) is 10.6. The highest BCUT2D eigenvalue weighted by atomic mass is 16.5. The number of methoxy groups -OCH3 is 1. The smallest absolute Gasteiger partial charge is 0.328 e. The number of ether oxygens (including phenoxy) is 1. The van der Waals surface area contributed by atoms with Gasteiger partial charge in [0.25, 0.3) is 5.91 Å². The van der Waals surface area contributed by atoms with Crippen LogP contribution in [0.25, 0.3) is 0 Å². The van der Waals surface area contributed by atoms with E-state index in [0.29, 0.717) is 12.0 Å². The normalized spacial score (nSPS) is 11.5. The monoisotopic (exact) mass is 298 g/mol. The lowest BCUT2D eigenvalue weighted by atomic mass is 10.0. The van der Waals surface area contributed by atoms with E-state index in [2.05, 4.69) is 10.3 Å². The zero-order valence-electron chi connectivity index (χ0n) is 12.6. The molecule has 0 unspecified atom stereocenters. The van der Waals surface area contributed by atoms with Crippen LogP contribution in [0, 0.1) is 6.92 Å². The minimum absolute atomic E-state index is 0.328. The van der Waals surface area contributed by atoms with E-state index < -0.39 is 12.0 Å². The molecule has 0 aliphatic heterocycles. The van der Waals surface area contributed by atoms with Crippen LogP contribution in [0.4, 0.5) is 0 Å². The van der Waals surface area contributed by atoms with Gasteiger partial charge in [-0.05, 0) is 24.6 Å². The predicted octanol–water partition coefficient (Wildman–Crippen LogP) is 1.90. The standard InChI is InChI=1S/C17H18N2O3/c1-12-4-3-5-13(10-12)11-15(17(21)22-2)19-16(20)14-6-8-18-9-7-14/h3-10,15H,11H2,1-2H3,(H,19,20)/t15-/m1/s1. The van der Waals surface area contributed by atoms with Gasteiger partial charge in [-0.25, -0.2) is 4.79 Å². The first-order valence-electron chi connectivity index (χ1n) is 6.94. The molecule has 1 aromatic heterocycles. The van der Waals surface area contributed by atoms with Gasteiger partial charge in [-0.1, -0.05) is 29.8 Å². The Morgan fingerprint density at radius 2 is 1.95 bits per heavy atom. The van der Waals surface area contributed by atoms with Gasteiger partial charge in [-0.15, -0.1) is 0 Å². The van der Waals surface area contributed by atoms with Gasteiger partial charge in [-0.2, -0.15) is 0 Å². The van der Waals surface area contributed by atoms with Crippen LogP contribution in [-0.2, 0) is 16.0 Å². The van der Waals surface area contributed by atoms with E-state index in [1.165, 1.54) is 19.5 Å². The zero-order chi connectivity index (χ0) is 15.9. The van der Waals surface area contributed by atoms with Gasteiger partial charge in [0.1, 0.15) is 6.04 Å². The maximum absolute atomic E-state index is 12.2. The van der Waals surface area contributed by atoms with Crippen molar-refractivity contribution in [1.82, 2.24) is 10.3 Å². The SMILES string of the molecule is COC(=O)[C@@H](Cc1cccc(C)c1)NC(=O)c1ccncc1. The third kappa shape index (κ3) is 4.15. The van der Waals surface area contributed by atoms with E-state index in [1.807, 2.05) is 31.2 Å². The van der Waals surface area contributed by atoms with Crippen LogP contribution in [0.1, 0.15) is 21.5 Å². The molecule has 114 valence electrons. The molecule has 5 nitrogen and oxygen atoms in total. The Bertz CT molecular complexity index is 656. The number of pyridine rings is 1. The molecule has 0 spiro atoms. The van der Waals surface area contributed by atoms with Gasteiger partial charge in [0.2, 0.25) is 0 Å². The maximum atomic E-state index is 12.2. The third-order valence-electron chi connectivity index (χ3n) is 3.26. The maximum Gasteiger partial charge on any atom is 0.328 e. The number of rotatable bonds is 5. The van der Waals surface area contributed by atoms with Crippen LogP contribution in [0.5, 0.6) is 0 Å². The van der Waals surface area contributed by atoms with Crippen molar-refractivity contribution >= 4 is 11.9 Å². The molecule has 0 bridgehead atoms. The number of carbonyl (C=O) groups excluding carboxylic acids is 2. The van der Waals surface area contributed by atoms with Gasteiger partial charge >= 0.3 is 5.97 Å². The number of esters is 1. The molecule has 2 aromatic rings. The minimum atomic E-state index is -0.729. The lowest BCUT2D eigenvalue weighted by Gasteiger charge is -2.17. The molecule has 1 amide bonds. The molecule has 1 heterocycles. The van der Waals surface area contributed by atoms with Gasteiger partial charge < -0.3 is 10.1 Å². The molecule has 2 rings (SSSR count). The summed E-state index contributed by atoms with van der Waals surface area (Å²) in [4.78, 5) is 28.0. The molecular weight excluding hydrogens is 280 g/mol. The topological polar surface area (TPSA) is 68.3 Å². The number of benzene rings is 1. The summed E-state index contributed by atoms with van der Waals surface area (Å²) >= 11 is 0. The Hall–Kier alpha value is -2.69. The fourth-order valence-electron chi connectivity index (χ4n) is 2.16. The van der Waals surface area contributed by atoms with E-state index in [1.54, 1.807) is 12.1 Å². The van der Waals surface area contributed by atoms with E-state index >= 15 is 0 Å². The van der Waals surface area contributed by atoms with Crippen molar-refractivity contribution < 1.29 is 14.3 Å². The molecule has 0 radical (unpaired) electrons. The Labute approximate surface area is 129 Å². The van der Waals surface area contributed by atoms with E-state index in [4.69, 9.17) is 4.74 Å². The highest BCUT2D eigenvalue weighted by molar-refractivity contribution is 5.96. The number of nitrogens with zero attached hydrogens (tertiary/aromatic N) is 1. The second-order valence-electron chi connectivity index (χ2n) is 4.98. The van der Waals surface area contributed by atoms with E-state index in [0.717, 1.165) is 11.1 Å². The molecule has 0 saturated heterocycles. The molecule has 0 saturated carbocycles. The highest BCUT2D eigenvalue weighted by Gasteiger charge is 2.22. The van der Waals surface area contributed by atoms with Crippen LogP contribution in [0.2, 0.25) is 0 Å². The largest absolute Gasteiger partial charge is 0.467 e. The second-order valence-corrected chi connectivity index (χ2v) is 4.98. The lowest BCUT2D eigenvalue weighted by molar-refractivity contribution is -0.142. The molecule has 1 aromatic carbocycles. The fraction of sp³-hybridized carbons (Fsp3) is 0.235. The van der Waals surface area contributed by atoms with Crippen molar-refractivity contribution in [2.75, 3.05) is 7.11 Å². The zero-order valence-corrected chi connectivity index (χ0v) is 12.6. The molecule has 1 N–H and O–H groups in total. The summed E-state index contributed by atoms with van der Waals surface area (Å²) < 4.78 is 4.79. The number of carbonyl (C=O) groups is 2. The average Bonchev–Trinajstić information content (AvgIpc) is 2.54. The summed E-state index contributed by atoms with van der Waals surface area (Å²) in [5.74, 6) is -0.797. The van der Waals surface area contributed by atoms with Gasteiger partial charge in [0.15, 0.2) is 0 Å². The van der Waals surface area contributed by atoms with Crippen LogP contribution in [0.3, 0.4) is 0 Å². The van der Waals surface area contributed by atoms with Crippen molar-refractivity contribution in [3.63, 3.8) is 0 Å². The van der Waals surface area contributed by atoms with Gasteiger partial charge in [0.05, 0.1) is 7.11 Å². The Morgan fingerprint density at radius 3 is 2.59 bits per heavy atom. The highest BCUT2D eigenvalue weighted by Crippen LogP contribution is 2.09.